The Morgan fingerprint density at radius 1 is 0.886 bits per heavy atom. The van der Waals surface area contributed by atoms with E-state index in [1.165, 1.54) is 16.2 Å². The molecule has 0 heterocycles. The molecule has 0 bridgehead atoms. The molecule has 0 aliphatic carbocycles. The Morgan fingerprint density at radius 2 is 1.54 bits per heavy atom. The molecule has 186 valence electrons. The van der Waals surface area contributed by atoms with Crippen LogP contribution in [0.5, 0.6) is 5.75 Å². The Labute approximate surface area is 223 Å². The highest BCUT2D eigenvalue weighted by Gasteiger charge is 2.25. The van der Waals surface area contributed by atoms with Crippen LogP contribution in [-0.2, 0) is 11.3 Å². The molecule has 0 saturated heterocycles. The molecule has 0 radical (unpaired) electrons. The summed E-state index contributed by atoms with van der Waals surface area (Å²) in [6, 6.07) is 25.2. The fourth-order valence-corrected chi connectivity index (χ4v) is 5.32. The Balaban J connectivity index is 2.05. The molecule has 0 aromatic heterocycles. The maximum absolute atomic E-state index is 12.5. The monoisotopic (exact) mass is 585 g/mol. The fourth-order valence-electron chi connectivity index (χ4n) is 4.56. The lowest BCUT2D eigenvalue weighted by Crippen LogP contribution is -2.38. The molecular formula is C30H36INO3. The van der Waals surface area contributed by atoms with Gasteiger partial charge in [-0.3, -0.25) is 4.90 Å². The Kier molecular flexibility index (Phi) is 10.2. The van der Waals surface area contributed by atoms with Crippen LogP contribution in [0.15, 0.2) is 72.8 Å². The van der Waals surface area contributed by atoms with Crippen LogP contribution in [-0.4, -0.2) is 36.6 Å². The molecule has 1 atom stereocenters. The molecule has 0 N–H and O–H groups in total. The van der Waals surface area contributed by atoms with Gasteiger partial charge in [-0.25, -0.2) is 4.79 Å². The highest BCUT2D eigenvalue weighted by Crippen LogP contribution is 2.38. The smallest absolute Gasteiger partial charge is 0.337 e. The molecule has 0 aliphatic rings. The van der Waals surface area contributed by atoms with E-state index in [9.17, 15) is 4.79 Å². The lowest BCUT2D eigenvalue weighted by molar-refractivity contribution is 0.0600. The van der Waals surface area contributed by atoms with E-state index in [0.29, 0.717) is 24.3 Å². The van der Waals surface area contributed by atoms with E-state index in [-0.39, 0.29) is 11.9 Å². The second kappa shape index (κ2) is 13.1. The lowest BCUT2D eigenvalue weighted by Gasteiger charge is -2.32. The van der Waals surface area contributed by atoms with Crippen LogP contribution in [0.2, 0.25) is 0 Å². The lowest BCUT2D eigenvalue weighted by atomic mass is 9.86. The standard InChI is InChI=1S/C30H36INO3/c1-21(2)32(22(3)4)18-17-25(26-13-9-10-14-28(26)31)27-19-24(30(33)34-5)15-16-29(27)35-20-23-11-7-6-8-12-23/h6-16,19,21-22,25H,17-18,20H2,1-5H3. The highest BCUT2D eigenvalue weighted by molar-refractivity contribution is 14.1. The van der Waals surface area contributed by atoms with Crippen molar-refractivity contribution in [3.63, 3.8) is 0 Å². The Bertz CT molecular complexity index is 1090. The number of benzene rings is 3. The van der Waals surface area contributed by atoms with E-state index in [0.717, 1.165) is 29.8 Å². The van der Waals surface area contributed by atoms with E-state index in [2.05, 4.69) is 91.6 Å². The second-order valence-electron chi connectivity index (χ2n) is 9.31. The van der Waals surface area contributed by atoms with Gasteiger partial charge in [0.15, 0.2) is 0 Å². The maximum atomic E-state index is 12.5. The fraction of sp³-hybridized carbons (Fsp3) is 0.367. The largest absolute Gasteiger partial charge is 0.489 e. The summed E-state index contributed by atoms with van der Waals surface area (Å²) in [5, 5.41) is 0. The van der Waals surface area contributed by atoms with Crippen molar-refractivity contribution in [3.05, 3.63) is 98.6 Å². The molecule has 3 aromatic carbocycles. The van der Waals surface area contributed by atoms with Crippen LogP contribution >= 0.6 is 22.6 Å². The van der Waals surface area contributed by atoms with Gasteiger partial charge in [0.05, 0.1) is 12.7 Å². The number of halogens is 1. The number of rotatable bonds is 11. The molecule has 0 spiro atoms. The quantitative estimate of drug-likeness (QED) is 0.175. The molecular weight excluding hydrogens is 549 g/mol. The summed E-state index contributed by atoms with van der Waals surface area (Å²) >= 11 is 2.41. The molecule has 4 nitrogen and oxygen atoms in total. The van der Waals surface area contributed by atoms with Crippen molar-refractivity contribution in [1.82, 2.24) is 4.90 Å². The molecule has 35 heavy (non-hydrogen) atoms. The van der Waals surface area contributed by atoms with Crippen molar-refractivity contribution >= 4 is 28.6 Å². The van der Waals surface area contributed by atoms with Crippen LogP contribution < -0.4 is 4.74 Å². The van der Waals surface area contributed by atoms with Crippen LogP contribution in [0.1, 0.15) is 67.1 Å². The van der Waals surface area contributed by atoms with Crippen LogP contribution in [0, 0.1) is 3.57 Å². The van der Waals surface area contributed by atoms with Crippen molar-refractivity contribution in [2.45, 2.75) is 58.7 Å². The number of ether oxygens (including phenoxy) is 2. The number of hydrogen-bond donors (Lipinski definition) is 0. The summed E-state index contributed by atoms with van der Waals surface area (Å²) < 4.78 is 12.6. The zero-order chi connectivity index (χ0) is 25.4. The number of carbonyl (C=O) groups is 1. The number of hydrogen-bond acceptors (Lipinski definition) is 4. The van der Waals surface area contributed by atoms with E-state index < -0.39 is 0 Å². The average Bonchev–Trinajstić information content (AvgIpc) is 2.85. The van der Waals surface area contributed by atoms with Gasteiger partial charge in [0, 0.05) is 27.1 Å². The Morgan fingerprint density at radius 3 is 2.17 bits per heavy atom. The zero-order valence-corrected chi connectivity index (χ0v) is 23.5. The van der Waals surface area contributed by atoms with Crippen molar-refractivity contribution in [1.29, 1.82) is 0 Å². The van der Waals surface area contributed by atoms with Crippen molar-refractivity contribution in [3.8, 4) is 5.75 Å². The first-order valence-corrected chi connectivity index (χ1v) is 13.3. The van der Waals surface area contributed by atoms with Crippen molar-refractivity contribution in [2.75, 3.05) is 13.7 Å². The molecule has 1 unspecified atom stereocenters. The first-order valence-electron chi connectivity index (χ1n) is 12.2. The predicted molar refractivity (Wildman–Crippen MR) is 151 cm³/mol. The summed E-state index contributed by atoms with van der Waals surface area (Å²) in [5.74, 6) is 0.527. The molecule has 5 heteroatoms. The summed E-state index contributed by atoms with van der Waals surface area (Å²) in [6.45, 7) is 10.4. The molecule has 0 amide bonds. The number of nitrogens with zero attached hydrogens (tertiary/aromatic N) is 1. The number of esters is 1. The van der Waals surface area contributed by atoms with Crippen molar-refractivity contribution in [2.24, 2.45) is 0 Å². The second-order valence-corrected chi connectivity index (χ2v) is 10.5. The molecule has 3 rings (SSSR count). The van der Waals surface area contributed by atoms with E-state index in [1.807, 2.05) is 30.3 Å². The third-order valence-corrected chi connectivity index (χ3v) is 7.31. The zero-order valence-electron chi connectivity index (χ0n) is 21.3. The summed E-state index contributed by atoms with van der Waals surface area (Å²) in [5.41, 5.74) is 3.90. The third kappa shape index (κ3) is 7.31. The van der Waals surface area contributed by atoms with E-state index in [1.54, 1.807) is 6.07 Å². The minimum atomic E-state index is -0.339. The third-order valence-electron chi connectivity index (χ3n) is 6.33. The van der Waals surface area contributed by atoms with Gasteiger partial charge in [0.2, 0.25) is 0 Å². The topological polar surface area (TPSA) is 38.8 Å². The molecule has 0 aliphatic heterocycles. The van der Waals surface area contributed by atoms with Gasteiger partial charge < -0.3 is 9.47 Å². The van der Waals surface area contributed by atoms with Gasteiger partial charge in [-0.15, -0.1) is 0 Å². The molecule has 3 aromatic rings. The minimum absolute atomic E-state index is 0.0680. The van der Waals surface area contributed by atoms with Gasteiger partial charge in [-0.05, 0) is 98.6 Å². The van der Waals surface area contributed by atoms with Gasteiger partial charge in [0.25, 0.3) is 0 Å². The number of methoxy groups -OCH3 is 1. The number of carbonyl (C=O) groups excluding carboxylic acids is 1. The Hall–Kier alpha value is -2.38. The molecule has 0 saturated carbocycles. The maximum Gasteiger partial charge on any atom is 0.337 e. The summed E-state index contributed by atoms with van der Waals surface area (Å²) in [4.78, 5) is 15.0. The first kappa shape index (κ1) is 27.2. The van der Waals surface area contributed by atoms with Crippen LogP contribution in [0.25, 0.3) is 0 Å². The predicted octanol–water partition coefficient (Wildman–Crippen LogP) is 7.30. The minimum Gasteiger partial charge on any atom is -0.489 e. The first-order chi connectivity index (χ1) is 16.8. The van der Waals surface area contributed by atoms with Crippen LogP contribution in [0.3, 0.4) is 0 Å². The van der Waals surface area contributed by atoms with Crippen LogP contribution in [0.4, 0.5) is 0 Å². The van der Waals surface area contributed by atoms with E-state index >= 15 is 0 Å². The normalized spacial score (nSPS) is 12.3. The SMILES string of the molecule is COC(=O)c1ccc(OCc2ccccc2)c(C(CCN(C(C)C)C(C)C)c2ccccc2I)c1. The molecule has 0 fully saturated rings. The van der Waals surface area contributed by atoms with Gasteiger partial charge >= 0.3 is 5.97 Å². The van der Waals surface area contributed by atoms with Gasteiger partial charge in [-0.2, -0.15) is 0 Å². The van der Waals surface area contributed by atoms with E-state index in [4.69, 9.17) is 9.47 Å². The van der Waals surface area contributed by atoms with Gasteiger partial charge in [-0.1, -0.05) is 48.5 Å². The summed E-state index contributed by atoms with van der Waals surface area (Å²) in [6.07, 6.45) is 0.905. The average molecular weight is 586 g/mol. The highest BCUT2D eigenvalue weighted by atomic mass is 127. The van der Waals surface area contributed by atoms with Crippen molar-refractivity contribution < 1.29 is 14.3 Å². The van der Waals surface area contributed by atoms with Gasteiger partial charge in [0.1, 0.15) is 12.4 Å². The summed E-state index contributed by atoms with van der Waals surface area (Å²) in [7, 11) is 1.42.